The number of para-hydroxylation sites is 2. The van der Waals surface area contributed by atoms with Crippen LogP contribution in [0, 0.1) is 5.92 Å². The number of hydrogen-bond acceptors (Lipinski definition) is 8. The van der Waals surface area contributed by atoms with E-state index in [-0.39, 0.29) is 37.2 Å². The lowest BCUT2D eigenvalue weighted by Gasteiger charge is -2.30. The molecule has 3 aromatic carbocycles. The molecule has 3 heterocycles. The molecule has 2 aliphatic carbocycles. The molecule has 0 spiro atoms. The Morgan fingerprint density at radius 1 is 0.944 bits per heavy atom. The smallest absolute Gasteiger partial charge is 0.294 e. The Bertz CT molecular complexity index is 2150. The largest absolute Gasteiger partial charge is 0.459 e. The number of nitrogens with one attached hydrogen (secondary N) is 4. The van der Waals surface area contributed by atoms with Gasteiger partial charge in [-0.15, -0.1) is 0 Å². The quantitative estimate of drug-likeness (QED) is 0.173. The van der Waals surface area contributed by atoms with Crippen LogP contribution in [0.15, 0.2) is 91.0 Å². The average Bonchev–Trinajstić information content (AvgIpc) is 3.98. The summed E-state index contributed by atoms with van der Waals surface area (Å²) in [7, 11) is -3.94. The van der Waals surface area contributed by atoms with E-state index in [4.69, 9.17) is 4.74 Å². The summed E-state index contributed by atoms with van der Waals surface area (Å²) in [5.74, 6) is -1.90. The molecule has 4 N–H and O–H groups in total. The Labute approximate surface area is 315 Å². The molecule has 8 rings (SSSR count). The van der Waals surface area contributed by atoms with E-state index >= 15 is 0 Å². The monoisotopic (exact) mass is 750 g/mol. The predicted molar refractivity (Wildman–Crippen MR) is 206 cm³/mol. The van der Waals surface area contributed by atoms with Gasteiger partial charge in [0.05, 0.1) is 22.3 Å². The molecule has 1 aromatic heterocycles. The summed E-state index contributed by atoms with van der Waals surface area (Å²) < 4.78 is 33.9. The van der Waals surface area contributed by atoms with Gasteiger partial charge in [0, 0.05) is 18.0 Å². The fraction of sp³-hybridized carbons (Fsp3) is 0.415. The summed E-state index contributed by atoms with van der Waals surface area (Å²) >= 11 is 0. The number of allylic oxidation sites excluding steroid dienone is 1. The van der Waals surface area contributed by atoms with Crippen LogP contribution in [-0.4, -0.2) is 76.0 Å². The first kappa shape index (κ1) is 35.8. The molecule has 4 aliphatic rings. The van der Waals surface area contributed by atoms with Crippen LogP contribution in [-0.2, 0) is 24.4 Å². The Kier molecular flexibility index (Phi) is 9.45. The molecule has 3 amide bonds. The lowest BCUT2D eigenvalue weighted by atomic mass is 10.0. The molecule has 12 nitrogen and oxygen atoms in total. The lowest BCUT2D eigenvalue weighted by molar-refractivity contribution is -0.140. The number of aromatic amines is 1. The predicted octanol–water partition coefficient (Wildman–Crippen LogP) is 5.45. The molecule has 0 bridgehead atoms. The number of aromatic nitrogens is 2. The highest BCUT2D eigenvalue weighted by molar-refractivity contribution is 7.91. The number of carbonyl (C=O) groups is 3. The van der Waals surface area contributed by atoms with E-state index in [1.165, 1.54) is 0 Å². The number of anilines is 1. The van der Waals surface area contributed by atoms with Gasteiger partial charge in [0.25, 0.3) is 11.9 Å². The van der Waals surface area contributed by atoms with Crippen molar-refractivity contribution in [2.45, 2.75) is 93.2 Å². The summed E-state index contributed by atoms with van der Waals surface area (Å²) in [6.45, 7) is 1.74. The summed E-state index contributed by atoms with van der Waals surface area (Å²) in [6, 6.07) is 24.2. The molecular weight excluding hydrogens is 705 g/mol. The van der Waals surface area contributed by atoms with E-state index < -0.39 is 50.3 Å². The average molecular weight is 751 g/mol. The molecule has 4 aromatic rings. The number of H-pyrrole nitrogens is 1. The van der Waals surface area contributed by atoms with Crippen LogP contribution < -0.4 is 20.1 Å². The second kappa shape index (κ2) is 14.2. The minimum Gasteiger partial charge on any atom is -0.459 e. The Hall–Kier alpha value is -5.17. The van der Waals surface area contributed by atoms with Gasteiger partial charge in [-0.05, 0) is 80.8 Å². The van der Waals surface area contributed by atoms with Gasteiger partial charge < -0.3 is 25.3 Å². The van der Waals surface area contributed by atoms with Crippen LogP contribution in [0.3, 0.4) is 0 Å². The standard InChI is InChI=1S/C41H46N6O6S/c1-40(22-23-40)54(51,52)46-38(50)41-25-29(41)14-8-3-2-4-9-17-34(42-30-20-18-28(19-21-30)27-12-6-5-7-13-27)37(49)47-26-31(24-35(47)36(48)45-41)53-39-43-32-15-10-11-16-33(32)44-39/h5-8,10-16,18-21,29,31,34-35,42H,2-4,9,17,22-26H2,1H3,(H,43,44)(H,45,48)(H,46,50)/b14-8-/t29-,31-,34+,35+,41-/m1/s1. The van der Waals surface area contributed by atoms with Gasteiger partial charge in [0.1, 0.15) is 23.7 Å². The van der Waals surface area contributed by atoms with E-state index in [0.29, 0.717) is 19.3 Å². The lowest BCUT2D eigenvalue weighted by Crippen LogP contribution is -2.58. The molecule has 282 valence electrons. The van der Waals surface area contributed by atoms with Gasteiger partial charge in [-0.25, -0.2) is 8.42 Å². The summed E-state index contributed by atoms with van der Waals surface area (Å²) in [6.07, 6.45) is 8.57. The van der Waals surface area contributed by atoms with Crippen molar-refractivity contribution in [3.63, 3.8) is 0 Å². The molecule has 2 saturated carbocycles. The number of rotatable bonds is 8. The number of sulfonamides is 1. The third-order valence-electron chi connectivity index (χ3n) is 11.5. The number of imidazole rings is 1. The van der Waals surface area contributed by atoms with Crippen LogP contribution in [0.2, 0.25) is 0 Å². The molecule has 13 heteroatoms. The van der Waals surface area contributed by atoms with E-state index in [0.717, 1.165) is 53.5 Å². The number of amides is 3. The van der Waals surface area contributed by atoms with Gasteiger partial charge in [-0.2, -0.15) is 4.98 Å². The summed E-state index contributed by atoms with van der Waals surface area (Å²) in [5, 5.41) is 6.43. The van der Waals surface area contributed by atoms with Crippen LogP contribution in [0.1, 0.15) is 64.7 Å². The van der Waals surface area contributed by atoms with Crippen molar-refractivity contribution in [2.75, 3.05) is 11.9 Å². The first-order valence-electron chi connectivity index (χ1n) is 18.9. The third kappa shape index (κ3) is 7.21. The zero-order chi connectivity index (χ0) is 37.5. The maximum Gasteiger partial charge on any atom is 0.294 e. The van der Waals surface area contributed by atoms with Gasteiger partial charge in [0.15, 0.2) is 0 Å². The van der Waals surface area contributed by atoms with Crippen molar-refractivity contribution in [1.29, 1.82) is 0 Å². The second-order valence-electron chi connectivity index (χ2n) is 15.4. The third-order valence-corrected chi connectivity index (χ3v) is 13.6. The Balaban J connectivity index is 1.08. The van der Waals surface area contributed by atoms with Crippen LogP contribution in [0.25, 0.3) is 22.2 Å². The molecule has 1 saturated heterocycles. The molecule has 0 unspecified atom stereocenters. The first-order chi connectivity index (χ1) is 26.0. The molecule has 0 radical (unpaired) electrons. The van der Waals surface area contributed by atoms with Crippen molar-refractivity contribution in [1.82, 2.24) is 24.9 Å². The minimum absolute atomic E-state index is 0.119. The number of ether oxygens (including phenoxy) is 1. The van der Waals surface area contributed by atoms with E-state index in [1.807, 2.05) is 91.0 Å². The van der Waals surface area contributed by atoms with Crippen molar-refractivity contribution in [3.05, 3.63) is 91.0 Å². The molecule has 3 fully saturated rings. The first-order valence-corrected chi connectivity index (χ1v) is 20.4. The van der Waals surface area contributed by atoms with E-state index in [1.54, 1.807) is 11.8 Å². The number of fused-ring (bicyclic) bond motifs is 3. The van der Waals surface area contributed by atoms with Gasteiger partial charge in [-0.3, -0.25) is 19.1 Å². The Morgan fingerprint density at radius 2 is 1.69 bits per heavy atom. The molecule has 2 aliphatic heterocycles. The highest BCUT2D eigenvalue weighted by Crippen LogP contribution is 2.47. The maximum absolute atomic E-state index is 14.7. The fourth-order valence-corrected chi connectivity index (χ4v) is 8.99. The molecule has 54 heavy (non-hydrogen) atoms. The zero-order valence-electron chi connectivity index (χ0n) is 30.3. The summed E-state index contributed by atoms with van der Waals surface area (Å²) in [5.41, 5.74) is 3.01. The highest BCUT2D eigenvalue weighted by Gasteiger charge is 2.63. The zero-order valence-corrected chi connectivity index (χ0v) is 31.1. The van der Waals surface area contributed by atoms with Crippen molar-refractivity contribution >= 4 is 44.5 Å². The highest BCUT2D eigenvalue weighted by atomic mass is 32.2. The Morgan fingerprint density at radius 3 is 2.44 bits per heavy atom. The number of carbonyl (C=O) groups excluding carboxylic acids is 3. The molecular formula is C41H46N6O6S. The van der Waals surface area contributed by atoms with Crippen LogP contribution in [0.4, 0.5) is 5.69 Å². The van der Waals surface area contributed by atoms with Gasteiger partial charge >= 0.3 is 0 Å². The SMILES string of the molecule is CC1(S(=O)(=O)NC(=O)[C@@]23C[C@H]2/C=C\CCCCC[C@H](Nc2ccc(-c4ccccc4)cc2)C(=O)N2C[C@H](Oc4nc5ccccc5[nH]4)C[C@H]2C(=O)N3)CC1. The second-order valence-corrected chi connectivity index (χ2v) is 17.6. The topological polar surface area (TPSA) is 163 Å². The van der Waals surface area contributed by atoms with Crippen molar-refractivity contribution < 1.29 is 27.5 Å². The van der Waals surface area contributed by atoms with Crippen molar-refractivity contribution in [2.24, 2.45) is 5.92 Å². The van der Waals surface area contributed by atoms with Crippen molar-refractivity contribution in [3.8, 4) is 17.1 Å². The normalized spacial score (nSPS) is 27.4. The fourth-order valence-electron chi connectivity index (χ4n) is 7.68. The van der Waals surface area contributed by atoms with Crippen LogP contribution in [0.5, 0.6) is 6.01 Å². The number of nitrogens with zero attached hydrogens (tertiary/aromatic N) is 2. The maximum atomic E-state index is 14.7. The van der Waals surface area contributed by atoms with Gasteiger partial charge in [0.2, 0.25) is 21.8 Å². The molecule has 5 atom stereocenters. The number of hydrogen-bond donors (Lipinski definition) is 4. The number of benzene rings is 3. The van der Waals surface area contributed by atoms with Crippen LogP contribution >= 0.6 is 0 Å². The van der Waals surface area contributed by atoms with Gasteiger partial charge in [-0.1, -0.05) is 79.6 Å². The summed E-state index contributed by atoms with van der Waals surface area (Å²) in [4.78, 5) is 52.2. The van der Waals surface area contributed by atoms with E-state index in [9.17, 15) is 22.8 Å². The van der Waals surface area contributed by atoms with E-state index in [2.05, 4.69) is 25.3 Å². The minimum atomic E-state index is -3.94.